The maximum atomic E-state index is 12.3. The van der Waals surface area contributed by atoms with E-state index in [4.69, 9.17) is 0 Å². The van der Waals surface area contributed by atoms with Crippen LogP contribution in [0.5, 0.6) is 0 Å². The summed E-state index contributed by atoms with van der Waals surface area (Å²) in [7, 11) is 0. The van der Waals surface area contributed by atoms with Gasteiger partial charge in [-0.3, -0.25) is 9.79 Å². The second-order valence-corrected chi connectivity index (χ2v) is 6.83. The van der Waals surface area contributed by atoms with Gasteiger partial charge in [0.15, 0.2) is 11.0 Å². The number of amidine groups is 1. The van der Waals surface area contributed by atoms with E-state index in [0.29, 0.717) is 13.0 Å². The van der Waals surface area contributed by atoms with Gasteiger partial charge < -0.3 is 14.8 Å². The van der Waals surface area contributed by atoms with Gasteiger partial charge in [0.1, 0.15) is 5.82 Å². The molecule has 0 saturated carbocycles. The van der Waals surface area contributed by atoms with E-state index in [1.165, 1.54) is 6.42 Å². The van der Waals surface area contributed by atoms with Crippen molar-refractivity contribution in [1.29, 1.82) is 0 Å². The Hall–Kier alpha value is -1.83. The van der Waals surface area contributed by atoms with Crippen molar-refractivity contribution in [2.45, 2.75) is 45.2 Å². The van der Waals surface area contributed by atoms with Crippen LogP contribution in [0.4, 0.5) is 0 Å². The van der Waals surface area contributed by atoms with Crippen LogP contribution in [0, 0.1) is 0 Å². The van der Waals surface area contributed by atoms with E-state index >= 15 is 0 Å². The zero-order valence-corrected chi connectivity index (χ0v) is 13.8. The Labute approximate surface area is 139 Å². The number of fused-ring (bicyclic) bond motifs is 2. The number of nitrogens with one attached hydrogen (secondary N) is 1. The van der Waals surface area contributed by atoms with Crippen molar-refractivity contribution in [3.63, 3.8) is 0 Å². The number of thioether (sulfide) groups is 1. The third kappa shape index (κ3) is 2.99. The Morgan fingerprint density at radius 1 is 1.26 bits per heavy atom. The van der Waals surface area contributed by atoms with E-state index in [1.54, 1.807) is 11.8 Å². The molecule has 0 aliphatic carbocycles. The first-order chi connectivity index (χ1) is 11.3. The van der Waals surface area contributed by atoms with Gasteiger partial charge in [-0.2, -0.15) is 0 Å². The molecule has 0 bridgehead atoms. The lowest BCUT2D eigenvalue weighted by atomic mass is 10.2. The lowest BCUT2D eigenvalue weighted by molar-refractivity contribution is -0.120. The second kappa shape index (κ2) is 6.35. The molecule has 1 N–H and O–H groups in total. The lowest BCUT2D eigenvalue weighted by Crippen LogP contribution is -2.33. The van der Waals surface area contributed by atoms with Crippen LogP contribution in [0.2, 0.25) is 0 Å². The maximum Gasteiger partial charge on any atom is 0.226 e. The zero-order chi connectivity index (χ0) is 15.6. The third-order valence-corrected chi connectivity index (χ3v) is 5.34. The standard InChI is InChI=1S/C15H20N6OS/c22-14(8-11-10-23-15-16-5-3-7-20(11)15)17-9-13-19-18-12-4-1-2-6-21(12)13/h10H,1-9H2,(H,17,22). The molecule has 0 radical (unpaired) electrons. The monoisotopic (exact) mass is 332 g/mol. The highest BCUT2D eigenvalue weighted by molar-refractivity contribution is 8.16. The van der Waals surface area contributed by atoms with Crippen LogP contribution in [0.25, 0.3) is 0 Å². The summed E-state index contributed by atoms with van der Waals surface area (Å²) < 4.78 is 2.14. The summed E-state index contributed by atoms with van der Waals surface area (Å²) in [6.45, 7) is 3.27. The topological polar surface area (TPSA) is 75.4 Å². The van der Waals surface area contributed by atoms with Gasteiger partial charge in [0, 0.05) is 31.8 Å². The Balaban J connectivity index is 1.33. The molecular weight excluding hydrogens is 312 g/mol. The van der Waals surface area contributed by atoms with Crippen LogP contribution in [0.3, 0.4) is 0 Å². The molecule has 8 heteroatoms. The van der Waals surface area contributed by atoms with Gasteiger partial charge in [0.25, 0.3) is 0 Å². The second-order valence-electron chi connectivity index (χ2n) is 5.99. The first kappa shape index (κ1) is 14.7. The number of hydrogen-bond acceptors (Lipinski definition) is 6. The van der Waals surface area contributed by atoms with Crippen molar-refractivity contribution in [1.82, 2.24) is 25.0 Å². The van der Waals surface area contributed by atoms with Crippen LogP contribution in [0.15, 0.2) is 16.1 Å². The van der Waals surface area contributed by atoms with E-state index in [9.17, 15) is 4.79 Å². The summed E-state index contributed by atoms with van der Waals surface area (Å²) in [5, 5.41) is 14.5. The van der Waals surface area contributed by atoms with Crippen molar-refractivity contribution in [2.24, 2.45) is 4.99 Å². The number of carbonyl (C=O) groups is 1. The molecule has 0 unspecified atom stereocenters. The third-order valence-electron chi connectivity index (χ3n) is 4.39. The van der Waals surface area contributed by atoms with Gasteiger partial charge >= 0.3 is 0 Å². The molecule has 3 aliphatic heterocycles. The minimum absolute atomic E-state index is 0.0248. The van der Waals surface area contributed by atoms with Gasteiger partial charge in [-0.25, -0.2) is 0 Å². The molecule has 1 aromatic heterocycles. The molecule has 1 aromatic rings. The number of aryl methyl sites for hydroxylation is 1. The van der Waals surface area contributed by atoms with Gasteiger partial charge in [0.05, 0.1) is 13.0 Å². The number of rotatable bonds is 4. The predicted octanol–water partition coefficient (Wildman–Crippen LogP) is 1.27. The average molecular weight is 332 g/mol. The number of aliphatic imine (C=N–C) groups is 1. The number of hydrogen-bond donors (Lipinski definition) is 1. The lowest BCUT2D eigenvalue weighted by Gasteiger charge is -2.25. The van der Waals surface area contributed by atoms with Crippen molar-refractivity contribution in [3.8, 4) is 0 Å². The van der Waals surface area contributed by atoms with Crippen LogP contribution < -0.4 is 5.32 Å². The first-order valence-corrected chi connectivity index (χ1v) is 9.04. The summed E-state index contributed by atoms with van der Waals surface area (Å²) in [5.74, 6) is 1.93. The molecule has 4 rings (SSSR count). The van der Waals surface area contributed by atoms with Gasteiger partial charge in [-0.15, -0.1) is 10.2 Å². The molecule has 122 valence electrons. The molecule has 0 fully saturated rings. The Morgan fingerprint density at radius 3 is 3.17 bits per heavy atom. The van der Waals surface area contributed by atoms with Gasteiger partial charge in [-0.05, 0) is 24.7 Å². The molecule has 7 nitrogen and oxygen atoms in total. The van der Waals surface area contributed by atoms with Gasteiger partial charge in [0.2, 0.25) is 5.91 Å². The normalized spacial score (nSPS) is 19.7. The molecule has 1 amide bonds. The first-order valence-electron chi connectivity index (χ1n) is 8.16. The summed E-state index contributed by atoms with van der Waals surface area (Å²) >= 11 is 1.62. The van der Waals surface area contributed by atoms with E-state index in [0.717, 1.165) is 61.4 Å². The van der Waals surface area contributed by atoms with Crippen LogP contribution in [-0.4, -0.2) is 43.8 Å². The Morgan fingerprint density at radius 2 is 2.22 bits per heavy atom. The number of amides is 1. The van der Waals surface area contributed by atoms with Crippen LogP contribution in [0.1, 0.15) is 37.3 Å². The largest absolute Gasteiger partial charge is 0.348 e. The summed E-state index contributed by atoms with van der Waals surface area (Å²) in [4.78, 5) is 18.9. The maximum absolute atomic E-state index is 12.3. The van der Waals surface area contributed by atoms with Gasteiger partial charge in [-0.1, -0.05) is 11.8 Å². The van der Waals surface area contributed by atoms with Crippen LogP contribution >= 0.6 is 11.8 Å². The average Bonchev–Trinajstić information content (AvgIpc) is 3.18. The number of carbonyl (C=O) groups excluding carboxylic acids is 1. The number of nitrogens with zero attached hydrogens (tertiary/aromatic N) is 5. The molecule has 0 atom stereocenters. The van der Waals surface area contributed by atoms with Crippen molar-refractivity contribution >= 4 is 22.8 Å². The smallest absolute Gasteiger partial charge is 0.226 e. The number of aromatic nitrogens is 3. The van der Waals surface area contributed by atoms with E-state index in [-0.39, 0.29) is 5.91 Å². The summed E-state index contributed by atoms with van der Waals surface area (Å²) in [6, 6.07) is 0. The fourth-order valence-electron chi connectivity index (χ4n) is 3.18. The van der Waals surface area contributed by atoms with E-state index in [1.807, 2.05) is 5.41 Å². The van der Waals surface area contributed by atoms with Crippen molar-refractivity contribution < 1.29 is 4.79 Å². The fraction of sp³-hybridized carbons (Fsp3) is 0.600. The minimum atomic E-state index is 0.0248. The van der Waals surface area contributed by atoms with Crippen molar-refractivity contribution in [3.05, 3.63) is 22.8 Å². The molecule has 0 saturated heterocycles. The summed E-state index contributed by atoms with van der Waals surface area (Å²) in [6.07, 6.45) is 4.77. The van der Waals surface area contributed by atoms with Crippen LogP contribution in [-0.2, 0) is 24.3 Å². The van der Waals surface area contributed by atoms with Crippen molar-refractivity contribution in [2.75, 3.05) is 13.1 Å². The molecular formula is C15H20N6OS. The molecule has 4 heterocycles. The Kier molecular flexibility index (Phi) is 4.07. The fourth-order valence-corrected chi connectivity index (χ4v) is 4.13. The Bertz CT molecular complexity index is 680. The highest BCUT2D eigenvalue weighted by atomic mass is 32.2. The zero-order valence-electron chi connectivity index (χ0n) is 13.0. The quantitative estimate of drug-likeness (QED) is 0.899. The molecule has 0 spiro atoms. The van der Waals surface area contributed by atoms with E-state index < -0.39 is 0 Å². The highest BCUT2D eigenvalue weighted by Crippen LogP contribution is 2.30. The highest BCUT2D eigenvalue weighted by Gasteiger charge is 2.26. The molecule has 0 aromatic carbocycles. The minimum Gasteiger partial charge on any atom is -0.348 e. The SMILES string of the molecule is O=C(CC1=CSC2=NCCCN12)NCc1nnc2n1CCCC2. The summed E-state index contributed by atoms with van der Waals surface area (Å²) in [5.41, 5.74) is 1.05. The predicted molar refractivity (Wildman–Crippen MR) is 88.7 cm³/mol. The molecule has 3 aliphatic rings. The molecule has 23 heavy (non-hydrogen) atoms. The van der Waals surface area contributed by atoms with E-state index in [2.05, 4.69) is 30.0 Å².